The summed E-state index contributed by atoms with van der Waals surface area (Å²) in [6.07, 6.45) is 2.88. The van der Waals surface area contributed by atoms with E-state index in [4.69, 9.17) is 9.47 Å². The van der Waals surface area contributed by atoms with Gasteiger partial charge in [0, 0.05) is 44.6 Å². The largest absolute Gasteiger partial charge is 0.468 e. The van der Waals surface area contributed by atoms with Gasteiger partial charge in [0.05, 0.1) is 7.11 Å². The number of carbonyl (C=O) groups is 1. The fraction of sp³-hybridized carbons (Fsp3) is 0.929. The summed E-state index contributed by atoms with van der Waals surface area (Å²) in [4.78, 5) is 16.9. The minimum absolute atomic E-state index is 0.0914. The molecule has 0 radical (unpaired) electrons. The molecule has 3 fully saturated rings. The lowest BCUT2D eigenvalue weighted by Gasteiger charge is -2.46. The molecule has 0 aromatic rings. The Kier molecular flexibility index (Phi) is 4.26. The number of hydrogen-bond acceptors (Lipinski definition) is 6. The van der Waals surface area contributed by atoms with Gasteiger partial charge in [0.25, 0.3) is 0 Å². The monoisotopic (exact) mass is 283 g/mol. The lowest BCUT2D eigenvalue weighted by Crippen LogP contribution is -2.61. The summed E-state index contributed by atoms with van der Waals surface area (Å²) in [5.41, 5.74) is 0. The van der Waals surface area contributed by atoms with E-state index in [-0.39, 0.29) is 12.0 Å². The first-order valence-electron chi connectivity index (χ1n) is 7.55. The second-order valence-electron chi connectivity index (χ2n) is 6.11. The van der Waals surface area contributed by atoms with Crippen molar-refractivity contribution in [2.45, 2.75) is 43.4 Å². The quantitative estimate of drug-likeness (QED) is 0.699. The first kappa shape index (κ1) is 14.3. The summed E-state index contributed by atoms with van der Waals surface area (Å²) in [7, 11) is 3.64. The molecule has 3 aliphatic heterocycles. The second-order valence-corrected chi connectivity index (χ2v) is 6.11. The van der Waals surface area contributed by atoms with Crippen LogP contribution < -0.4 is 5.32 Å². The number of esters is 1. The van der Waals surface area contributed by atoms with E-state index in [0.717, 1.165) is 45.7 Å². The first-order valence-corrected chi connectivity index (χ1v) is 7.55. The number of nitrogens with one attached hydrogen (secondary N) is 1. The third kappa shape index (κ3) is 2.57. The minimum Gasteiger partial charge on any atom is -0.468 e. The van der Waals surface area contributed by atoms with Crippen molar-refractivity contribution in [2.75, 3.05) is 40.6 Å². The van der Waals surface area contributed by atoms with Gasteiger partial charge < -0.3 is 9.47 Å². The van der Waals surface area contributed by atoms with Crippen LogP contribution in [0.5, 0.6) is 0 Å². The number of likely N-dealkylation sites (tertiary alicyclic amines) is 1. The molecule has 1 N–H and O–H groups in total. The zero-order chi connectivity index (χ0) is 14.1. The Balaban J connectivity index is 1.77. The number of hydrogen-bond donors (Lipinski definition) is 1. The highest BCUT2D eigenvalue weighted by atomic mass is 16.5. The zero-order valence-corrected chi connectivity index (χ0v) is 12.4. The number of rotatable bonds is 2. The van der Waals surface area contributed by atoms with Gasteiger partial charge in [-0.15, -0.1) is 0 Å². The molecule has 0 aliphatic carbocycles. The van der Waals surface area contributed by atoms with Crippen molar-refractivity contribution in [3.8, 4) is 0 Å². The second kappa shape index (κ2) is 5.97. The van der Waals surface area contributed by atoms with E-state index in [9.17, 15) is 4.79 Å². The summed E-state index contributed by atoms with van der Waals surface area (Å²) < 4.78 is 10.5. The smallest absolute Gasteiger partial charge is 0.323 e. The maximum atomic E-state index is 12.2. The van der Waals surface area contributed by atoms with Crippen LogP contribution in [0.15, 0.2) is 0 Å². The van der Waals surface area contributed by atoms with E-state index >= 15 is 0 Å². The van der Waals surface area contributed by atoms with Gasteiger partial charge in [-0.2, -0.15) is 0 Å². The van der Waals surface area contributed by atoms with Crippen LogP contribution in [0, 0.1) is 0 Å². The number of fused-ring (bicyclic) bond motifs is 1. The Hall–Kier alpha value is -0.690. The highest BCUT2D eigenvalue weighted by Crippen LogP contribution is 2.29. The Labute approximate surface area is 120 Å². The molecular formula is C14H25N3O3. The van der Waals surface area contributed by atoms with Gasteiger partial charge in [0.15, 0.2) is 0 Å². The molecule has 3 atom stereocenters. The molecule has 3 unspecified atom stereocenters. The first-order chi connectivity index (χ1) is 9.70. The molecule has 0 aromatic heterocycles. The van der Waals surface area contributed by atoms with E-state index < -0.39 is 0 Å². The molecular weight excluding hydrogens is 258 g/mol. The molecule has 3 saturated heterocycles. The number of piperidine rings is 1. The molecule has 114 valence electrons. The van der Waals surface area contributed by atoms with Crippen LogP contribution in [0.1, 0.15) is 19.3 Å². The van der Waals surface area contributed by atoms with E-state index in [0.29, 0.717) is 18.1 Å². The van der Waals surface area contributed by atoms with E-state index in [2.05, 4.69) is 22.2 Å². The van der Waals surface area contributed by atoms with Crippen LogP contribution in [0.2, 0.25) is 0 Å². The molecule has 6 nitrogen and oxygen atoms in total. The van der Waals surface area contributed by atoms with Gasteiger partial charge in [0.2, 0.25) is 0 Å². The minimum atomic E-state index is -0.108. The zero-order valence-electron chi connectivity index (χ0n) is 12.4. The van der Waals surface area contributed by atoms with Crippen LogP contribution in [0.4, 0.5) is 0 Å². The maximum absolute atomic E-state index is 12.2. The molecule has 20 heavy (non-hydrogen) atoms. The van der Waals surface area contributed by atoms with Crippen LogP contribution in [0.25, 0.3) is 0 Å². The summed E-state index contributed by atoms with van der Waals surface area (Å²) >= 11 is 0. The summed E-state index contributed by atoms with van der Waals surface area (Å²) in [6, 6.07) is 1.24. The fourth-order valence-corrected chi connectivity index (χ4v) is 3.84. The molecule has 0 bridgehead atoms. The lowest BCUT2D eigenvalue weighted by molar-refractivity contribution is -0.151. The fourth-order valence-electron chi connectivity index (χ4n) is 3.84. The van der Waals surface area contributed by atoms with Crippen molar-refractivity contribution in [3.63, 3.8) is 0 Å². The summed E-state index contributed by atoms with van der Waals surface area (Å²) in [5.74, 6) is -0.0914. The Morgan fingerprint density at radius 3 is 2.80 bits per heavy atom. The van der Waals surface area contributed by atoms with Gasteiger partial charge >= 0.3 is 5.97 Å². The van der Waals surface area contributed by atoms with Gasteiger partial charge in [-0.25, -0.2) is 0 Å². The average molecular weight is 283 g/mol. The van der Waals surface area contributed by atoms with Crippen LogP contribution >= 0.6 is 0 Å². The molecule has 0 spiro atoms. The third-order valence-corrected chi connectivity index (χ3v) is 5.04. The maximum Gasteiger partial charge on any atom is 0.323 e. The number of carbonyl (C=O) groups excluding carboxylic acids is 1. The van der Waals surface area contributed by atoms with Crippen LogP contribution in [0.3, 0.4) is 0 Å². The predicted molar refractivity (Wildman–Crippen MR) is 74.3 cm³/mol. The highest BCUT2D eigenvalue weighted by molar-refractivity contribution is 5.76. The van der Waals surface area contributed by atoms with Gasteiger partial charge in [0.1, 0.15) is 6.04 Å². The normalized spacial score (nSPS) is 36.8. The molecule has 0 aromatic carbocycles. The molecule has 0 amide bonds. The molecule has 0 saturated carbocycles. The SMILES string of the molecule is COC(=O)C1CC2NCN(C)C2CN1C1CCOCC1. The van der Waals surface area contributed by atoms with Gasteiger partial charge in [-0.3, -0.25) is 19.9 Å². The molecule has 6 heteroatoms. The lowest BCUT2D eigenvalue weighted by atomic mass is 9.90. The Morgan fingerprint density at radius 1 is 1.35 bits per heavy atom. The summed E-state index contributed by atoms with van der Waals surface area (Å²) in [5, 5.41) is 3.51. The number of methoxy groups -OCH3 is 1. The standard InChI is InChI=1S/C14H25N3O3/c1-16-9-15-11-7-12(14(18)19-2)17(8-13(11)16)10-3-5-20-6-4-10/h10-13,15H,3-9H2,1-2H3. The van der Waals surface area contributed by atoms with Crippen molar-refractivity contribution in [1.82, 2.24) is 15.1 Å². The third-order valence-electron chi connectivity index (χ3n) is 5.04. The molecule has 3 rings (SSSR count). The number of nitrogens with zero attached hydrogens (tertiary/aromatic N) is 2. The predicted octanol–water partition coefficient (Wildman–Crippen LogP) is -0.358. The molecule has 3 heterocycles. The van der Waals surface area contributed by atoms with Crippen LogP contribution in [-0.2, 0) is 14.3 Å². The average Bonchev–Trinajstić information content (AvgIpc) is 2.87. The van der Waals surface area contributed by atoms with Crippen molar-refractivity contribution in [1.29, 1.82) is 0 Å². The summed E-state index contributed by atoms with van der Waals surface area (Å²) in [6.45, 7) is 3.46. The van der Waals surface area contributed by atoms with Crippen molar-refractivity contribution >= 4 is 5.97 Å². The van der Waals surface area contributed by atoms with Crippen molar-refractivity contribution in [3.05, 3.63) is 0 Å². The Morgan fingerprint density at radius 2 is 2.10 bits per heavy atom. The van der Waals surface area contributed by atoms with E-state index in [1.165, 1.54) is 7.11 Å². The highest BCUT2D eigenvalue weighted by Gasteiger charge is 2.45. The van der Waals surface area contributed by atoms with Gasteiger partial charge in [-0.05, 0) is 26.3 Å². The Bertz CT molecular complexity index is 360. The van der Waals surface area contributed by atoms with Crippen molar-refractivity contribution < 1.29 is 14.3 Å². The topological polar surface area (TPSA) is 54.0 Å². The van der Waals surface area contributed by atoms with E-state index in [1.807, 2.05) is 0 Å². The van der Waals surface area contributed by atoms with E-state index in [1.54, 1.807) is 0 Å². The van der Waals surface area contributed by atoms with Crippen molar-refractivity contribution in [2.24, 2.45) is 0 Å². The van der Waals surface area contributed by atoms with Crippen LogP contribution in [-0.4, -0.2) is 80.5 Å². The van der Waals surface area contributed by atoms with Gasteiger partial charge in [-0.1, -0.05) is 0 Å². The molecule has 3 aliphatic rings. The number of ether oxygens (including phenoxy) is 2. The number of likely N-dealkylation sites (N-methyl/N-ethyl adjacent to an activating group) is 1.